The Kier molecular flexibility index (Phi) is 7.76. The average molecular weight is 335 g/mol. The fourth-order valence-electron chi connectivity index (χ4n) is 3.49. The van der Waals surface area contributed by atoms with Crippen molar-refractivity contribution in [1.82, 2.24) is 20.0 Å². The number of carbonyl (C=O) groups is 1. The van der Waals surface area contributed by atoms with Gasteiger partial charge in [0.1, 0.15) is 5.69 Å². The molecule has 0 radical (unpaired) electrons. The molecule has 0 bridgehead atoms. The molecule has 1 N–H and O–H groups in total. The molecule has 5 nitrogen and oxygen atoms in total. The second-order valence-electron chi connectivity index (χ2n) is 7.02. The largest absolute Gasteiger partial charge is 0.335 e. The molecule has 1 fully saturated rings. The maximum Gasteiger partial charge on any atom is 0.274 e. The van der Waals surface area contributed by atoms with Crippen LogP contribution in [0.2, 0.25) is 0 Å². The molecule has 0 aliphatic carbocycles. The minimum Gasteiger partial charge on any atom is -0.335 e. The van der Waals surface area contributed by atoms with Crippen LogP contribution in [-0.4, -0.2) is 46.3 Å². The number of unbranched alkanes of at least 4 members (excludes halogenated alkanes) is 2. The Labute approximate surface area is 146 Å². The summed E-state index contributed by atoms with van der Waals surface area (Å²) in [5, 5.41) is 8.02. The number of piperidine rings is 1. The predicted octanol–water partition coefficient (Wildman–Crippen LogP) is 3.63. The lowest BCUT2D eigenvalue weighted by Gasteiger charge is -2.29. The van der Waals surface area contributed by atoms with E-state index in [1.807, 2.05) is 21.8 Å². The lowest BCUT2D eigenvalue weighted by atomic mass is 10.1. The molecule has 2 heterocycles. The summed E-state index contributed by atoms with van der Waals surface area (Å²) in [5.74, 6) is 0.0922. The molecule has 1 aliphatic heterocycles. The molecule has 2 rings (SSSR count). The molecule has 1 aliphatic rings. The molecule has 0 saturated carbocycles. The van der Waals surface area contributed by atoms with Gasteiger partial charge in [-0.15, -0.1) is 0 Å². The van der Waals surface area contributed by atoms with Crippen molar-refractivity contribution in [2.75, 3.05) is 19.6 Å². The fraction of sp³-hybridized carbons (Fsp3) is 0.789. The van der Waals surface area contributed by atoms with Crippen LogP contribution in [0.4, 0.5) is 0 Å². The lowest BCUT2D eigenvalue weighted by Crippen LogP contribution is -2.39. The summed E-state index contributed by atoms with van der Waals surface area (Å²) >= 11 is 0. The van der Waals surface area contributed by atoms with E-state index in [2.05, 4.69) is 31.2 Å². The van der Waals surface area contributed by atoms with Gasteiger partial charge in [-0.2, -0.15) is 5.10 Å². The SMILES string of the molecule is CCCCCN(C(=O)c1ccn(C2CCCNC2)n1)C(C)CCC. The molecule has 136 valence electrons. The minimum atomic E-state index is 0.0922. The van der Waals surface area contributed by atoms with Gasteiger partial charge in [-0.1, -0.05) is 33.1 Å². The van der Waals surface area contributed by atoms with Crippen LogP contribution in [0, 0.1) is 0 Å². The molecular weight excluding hydrogens is 300 g/mol. The first-order valence-electron chi connectivity index (χ1n) is 9.74. The predicted molar refractivity (Wildman–Crippen MR) is 98.3 cm³/mol. The zero-order valence-corrected chi connectivity index (χ0v) is 15.6. The molecule has 5 heteroatoms. The van der Waals surface area contributed by atoms with E-state index in [0.717, 1.165) is 45.3 Å². The van der Waals surface area contributed by atoms with Crippen molar-refractivity contribution in [2.24, 2.45) is 0 Å². The molecule has 2 unspecified atom stereocenters. The van der Waals surface area contributed by atoms with Gasteiger partial charge in [-0.05, 0) is 45.2 Å². The Morgan fingerprint density at radius 1 is 1.42 bits per heavy atom. The van der Waals surface area contributed by atoms with Crippen LogP contribution >= 0.6 is 0 Å². The molecule has 1 saturated heterocycles. The number of hydrogen-bond donors (Lipinski definition) is 1. The van der Waals surface area contributed by atoms with Crippen LogP contribution in [0.3, 0.4) is 0 Å². The normalized spacial score (nSPS) is 19.2. The number of aromatic nitrogens is 2. The zero-order chi connectivity index (χ0) is 17.4. The van der Waals surface area contributed by atoms with Gasteiger partial charge < -0.3 is 10.2 Å². The van der Waals surface area contributed by atoms with E-state index in [9.17, 15) is 4.79 Å². The van der Waals surface area contributed by atoms with Gasteiger partial charge in [0.05, 0.1) is 6.04 Å². The van der Waals surface area contributed by atoms with Crippen LogP contribution in [0.15, 0.2) is 12.3 Å². The quantitative estimate of drug-likeness (QED) is 0.702. The maximum atomic E-state index is 13.0. The highest BCUT2D eigenvalue weighted by Crippen LogP contribution is 2.18. The third kappa shape index (κ3) is 5.07. The number of amides is 1. The van der Waals surface area contributed by atoms with Gasteiger partial charge in [0.25, 0.3) is 5.91 Å². The van der Waals surface area contributed by atoms with Crippen molar-refractivity contribution in [3.8, 4) is 0 Å². The highest BCUT2D eigenvalue weighted by molar-refractivity contribution is 5.92. The van der Waals surface area contributed by atoms with Crippen LogP contribution in [0.5, 0.6) is 0 Å². The topological polar surface area (TPSA) is 50.2 Å². The summed E-state index contributed by atoms with van der Waals surface area (Å²) in [4.78, 5) is 15.0. The molecule has 0 spiro atoms. The van der Waals surface area contributed by atoms with Gasteiger partial charge in [-0.25, -0.2) is 0 Å². The lowest BCUT2D eigenvalue weighted by molar-refractivity contribution is 0.0672. The van der Waals surface area contributed by atoms with E-state index < -0.39 is 0 Å². The Balaban J connectivity index is 2.05. The molecule has 0 aromatic carbocycles. The second-order valence-corrected chi connectivity index (χ2v) is 7.02. The van der Waals surface area contributed by atoms with Crippen LogP contribution in [-0.2, 0) is 0 Å². The van der Waals surface area contributed by atoms with Crippen LogP contribution in [0.1, 0.15) is 82.2 Å². The van der Waals surface area contributed by atoms with Gasteiger partial charge in [-0.3, -0.25) is 9.48 Å². The average Bonchev–Trinajstić information content (AvgIpc) is 3.09. The Hall–Kier alpha value is -1.36. The van der Waals surface area contributed by atoms with Gasteiger partial charge in [0.15, 0.2) is 0 Å². The monoisotopic (exact) mass is 334 g/mol. The van der Waals surface area contributed by atoms with Crippen molar-refractivity contribution in [2.45, 2.75) is 77.8 Å². The van der Waals surface area contributed by atoms with Crippen molar-refractivity contribution in [3.63, 3.8) is 0 Å². The Morgan fingerprint density at radius 2 is 2.25 bits per heavy atom. The number of nitrogens with one attached hydrogen (secondary N) is 1. The number of hydrogen-bond acceptors (Lipinski definition) is 3. The van der Waals surface area contributed by atoms with Crippen molar-refractivity contribution < 1.29 is 4.79 Å². The first kappa shape index (κ1) is 19.0. The van der Waals surface area contributed by atoms with E-state index in [4.69, 9.17) is 0 Å². The third-order valence-electron chi connectivity index (χ3n) is 4.97. The summed E-state index contributed by atoms with van der Waals surface area (Å²) in [7, 11) is 0. The summed E-state index contributed by atoms with van der Waals surface area (Å²) in [6.45, 7) is 9.41. The molecule has 24 heavy (non-hydrogen) atoms. The summed E-state index contributed by atoms with van der Waals surface area (Å²) in [5.41, 5.74) is 0.597. The van der Waals surface area contributed by atoms with Crippen LogP contribution in [0.25, 0.3) is 0 Å². The molecule has 1 aromatic rings. The van der Waals surface area contributed by atoms with E-state index in [1.54, 1.807) is 0 Å². The van der Waals surface area contributed by atoms with E-state index in [0.29, 0.717) is 11.7 Å². The van der Waals surface area contributed by atoms with Crippen molar-refractivity contribution in [1.29, 1.82) is 0 Å². The summed E-state index contributed by atoms with van der Waals surface area (Å²) in [6.07, 6.45) is 9.84. The van der Waals surface area contributed by atoms with Gasteiger partial charge >= 0.3 is 0 Å². The maximum absolute atomic E-state index is 13.0. The third-order valence-corrected chi connectivity index (χ3v) is 4.97. The molecule has 1 amide bonds. The molecule has 1 aromatic heterocycles. The fourth-order valence-corrected chi connectivity index (χ4v) is 3.49. The summed E-state index contributed by atoms with van der Waals surface area (Å²) in [6, 6.07) is 2.55. The number of nitrogens with zero attached hydrogens (tertiary/aromatic N) is 3. The van der Waals surface area contributed by atoms with E-state index in [1.165, 1.54) is 19.3 Å². The van der Waals surface area contributed by atoms with Crippen molar-refractivity contribution in [3.05, 3.63) is 18.0 Å². The number of rotatable bonds is 9. The summed E-state index contributed by atoms with van der Waals surface area (Å²) < 4.78 is 1.98. The first-order valence-corrected chi connectivity index (χ1v) is 9.74. The van der Waals surface area contributed by atoms with Crippen molar-refractivity contribution >= 4 is 5.91 Å². The standard InChI is InChI=1S/C19H34N4O/c1-4-6-7-13-22(16(3)9-5-2)19(24)18-11-14-23(21-18)17-10-8-12-20-15-17/h11,14,16-17,20H,4-10,12-13,15H2,1-3H3. The Morgan fingerprint density at radius 3 is 2.92 bits per heavy atom. The molecule has 2 atom stereocenters. The van der Waals surface area contributed by atoms with E-state index >= 15 is 0 Å². The van der Waals surface area contributed by atoms with Gasteiger partial charge in [0.2, 0.25) is 0 Å². The highest BCUT2D eigenvalue weighted by Gasteiger charge is 2.24. The second kappa shape index (κ2) is 9.82. The zero-order valence-electron chi connectivity index (χ0n) is 15.6. The molecular formula is C19H34N4O. The van der Waals surface area contributed by atoms with Crippen LogP contribution < -0.4 is 5.32 Å². The Bertz CT molecular complexity index is 493. The van der Waals surface area contributed by atoms with E-state index in [-0.39, 0.29) is 11.9 Å². The minimum absolute atomic E-state index is 0.0922. The first-order chi connectivity index (χ1) is 11.7. The highest BCUT2D eigenvalue weighted by atomic mass is 16.2. The number of carbonyl (C=O) groups excluding carboxylic acids is 1. The van der Waals surface area contributed by atoms with Gasteiger partial charge in [0, 0.05) is 25.3 Å². The smallest absolute Gasteiger partial charge is 0.274 e.